The van der Waals surface area contributed by atoms with Crippen LogP contribution < -0.4 is 0 Å². The van der Waals surface area contributed by atoms with Gasteiger partial charge >= 0.3 is 0 Å². The molecule has 0 amide bonds. The maximum atomic E-state index is 11.3. The molecule has 1 aliphatic heterocycles. The summed E-state index contributed by atoms with van der Waals surface area (Å²) in [5, 5.41) is 0. The molecule has 2 aliphatic carbocycles. The van der Waals surface area contributed by atoms with Crippen LogP contribution in [0.15, 0.2) is 24.6 Å². The van der Waals surface area contributed by atoms with Crippen LogP contribution in [0.1, 0.15) is 25.7 Å². The summed E-state index contributed by atoms with van der Waals surface area (Å²) in [5.74, 6) is 0. The zero-order valence-electron chi connectivity index (χ0n) is 8.26. The van der Waals surface area contributed by atoms with E-state index in [2.05, 4.69) is 0 Å². The molecule has 2 saturated carbocycles. The van der Waals surface area contributed by atoms with Gasteiger partial charge in [-0.3, -0.25) is 4.55 Å². The minimum Gasteiger partial charge on any atom is -0.347 e. The van der Waals surface area contributed by atoms with E-state index < -0.39 is 14.9 Å². The summed E-state index contributed by atoms with van der Waals surface area (Å²) >= 11 is 0. The molecule has 82 valence electrons. The largest absolute Gasteiger partial charge is 0.347 e. The van der Waals surface area contributed by atoms with E-state index in [1.807, 2.05) is 29.5 Å². The highest BCUT2D eigenvalue weighted by molar-refractivity contribution is 7.87. The molecular formula is C10H13NO3S. The first-order valence-corrected chi connectivity index (χ1v) is 6.55. The average molecular weight is 227 g/mol. The summed E-state index contributed by atoms with van der Waals surface area (Å²) in [7, 11) is -3.91. The Balaban J connectivity index is 1.94. The highest BCUT2D eigenvalue weighted by Crippen LogP contribution is 2.71. The Kier molecular flexibility index (Phi) is 1.55. The van der Waals surface area contributed by atoms with Crippen molar-refractivity contribution in [1.29, 1.82) is 0 Å². The standard InChI is InChI=1S/C10H13NO3S/c12-15(13,14)10-5-4-9(10,8-10)11-6-2-1-3-7-11/h2-3,6-7H,1,4-5,8H2,(H,12,13,14). The minimum absolute atomic E-state index is 0.339. The van der Waals surface area contributed by atoms with Gasteiger partial charge in [0.2, 0.25) is 0 Å². The number of allylic oxidation sites excluding steroid dienone is 2. The fourth-order valence-electron chi connectivity index (χ4n) is 2.98. The van der Waals surface area contributed by atoms with Crippen molar-refractivity contribution in [3.05, 3.63) is 24.6 Å². The van der Waals surface area contributed by atoms with Gasteiger partial charge in [-0.25, -0.2) is 0 Å². The summed E-state index contributed by atoms with van der Waals surface area (Å²) in [6, 6.07) is 0. The van der Waals surface area contributed by atoms with Crippen molar-refractivity contribution >= 4 is 10.1 Å². The summed E-state index contributed by atoms with van der Waals surface area (Å²) in [6.07, 6.45) is 10.7. The van der Waals surface area contributed by atoms with E-state index in [-0.39, 0.29) is 5.54 Å². The van der Waals surface area contributed by atoms with Gasteiger partial charge in [0.25, 0.3) is 10.1 Å². The molecule has 0 aromatic carbocycles. The molecule has 0 aromatic rings. The third-order valence-corrected chi connectivity index (χ3v) is 5.75. The molecule has 15 heavy (non-hydrogen) atoms. The molecule has 1 N–H and O–H groups in total. The number of rotatable bonds is 2. The van der Waals surface area contributed by atoms with E-state index in [4.69, 9.17) is 0 Å². The Morgan fingerprint density at radius 3 is 2.27 bits per heavy atom. The number of hydrogen-bond donors (Lipinski definition) is 1. The molecule has 3 rings (SSSR count). The predicted molar refractivity (Wildman–Crippen MR) is 55.6 cm³/mol. The molecule has 3 aliphatic rings. The lowest BCUT2D eigenvalue weighted by molar-refractivity contribution is 0.220. The monoisotopic (exact) mass is 227 g/mol. The average Bonchev–Trinajstić information content (AvgIpc) is 2.66. The van der Waals surface area contributed by atoms with Crippen LogP contribution in [0.2, 0.25) is 0 Å². The van der Waals surface area contributed by atoms with Gasteiger partial charge in [-0.2, -0.15) is 8.42 Å². The highest BCUT2D eigenvalue weighted by Gasteiger charge is 2.83. The van der Waals surface area contributed by atoms with E-state index in [0.29, 0.717) is 12.8 Å². The Bertz CT molecular complexity index is 455. The second-order valence-corrected chi connectivity index (χ2v) is 6.32. The Hall–Kier alpha value is -0.810. The van der Waals surface area contributed by atoms with Crippen LogP contribution in [0.4, 0.5) is 0 Å². The van der Waals surface area contributed by atoms with E-state index in [1.54, 1.807) is 0 Å². The maximum absolute atomic E-state index is 11.3. The second-order valence-electron chi connectivity index (χ2n) is 4.59. The van der Waals surface area contributed by atoms with Crippen molar-refractivity contribution in [2.24, 2.45) is 0 Å². The molecular weight excluding hydrogens is 214 g/mol. The molecule has 4 nitrogen and oxygen atoms in total. The van der Waals surface area contributed by atoms with Gasteiger partial charge in [0.05, 0.1) is 5.54 Å². The normalized spacial score (nSPS) is 42.3. The van der Waals surface area contributed by atoms with Crippen molar-refractivity contribution in [2.75, 3.05) is 0 Å². The van der Waals surface area contributed by atoms with Crippen LogP contribution in [-0.4, -0.2) is 28.2 Å². The zero-order valence-corrected chi connectivity index (χ0v) is 9.07. The van der Waals surface area contributed by atoms with E-state index in [1.165, 1.54) is 0 Å². The van der Waals surface area contributed by atoms with Crippen LogP contribution in [0.5, 0.6) is 0 Å². The SMILES string of the molecule is O=S(=O)(O)C12CCC1(N1C=CCC=C1)C2. The molecule has 2 fully saturated rings. The van der Waals surface area contributed by atoms with Crippen LogP contribution in [0.25, 0.3) is 0 Å². The number of fused-ring (bicyclic) bond motifs is 1. The Morgan fingerprint density at radius 1 is 1.20 bits per heavy atom. The topological polar surface area (TPSA) is 57.6 Å². The van der Waals surface area contributed by atoms with Crippen LogP contribution in [0, 0.1) is 0 Å². The van der Waals surface area contributed by atoms with Crippen molar-refractivity contribution in [2.45, 2.75) is 36.0 Å². The van der Waals surface area contributed by atoms with E-state index >= 15 is 0 Å². The summed E-state index contributed by atoms with van der Waals surface area (Å²) in [5.41, 5.74) is -0.339. The van der Waals surface area contributed by atoms with Crippen molar-refractivity contribution in [3.63, 3.8) is 0 Å². The molecule has 0 spiro atoms. The van der Waals surface area contributed by atoms with E-state index in [9.17, 15) is 13.0 Å². The third-order valence-electron chi connectivity index (χ3n) is 4.04. The van der Waals surface area contributed by atoms with Crippen molar-refractivity contribution < 1.29 is 13.0 Å². The van der Waals surface area contributed by atoms with E-state index in [0.717, 1.165) is 12.8 Å². The molecule has 2 atom stereocenters. The lowest BCUT2D eigenvalue weighted by Crippen LogP contribution is -2.50. The number of hydrogen-bond acceptors (Lipinski definition) is 3. The molecule has 2 unspecified atom stereocenters. The lowest BCUT2D eigenvalue weighted by Gasteiger charge is -2.40. The van der Waals surface area contributed by atoms with Crippen LogP contribution in [0.3, 0.4) is 0 Å². The lowest BCUT2D eigenvalue weighted by atomic mass is 9.90. The van der Waals surface area contributed by atoms with Crippen LogP contribution >= 0.6 is 0 Å². The van der Waals surface area contributed by atoms with Gasteiger partial charge in [0.1, 0.15) is 4.75 Å². The molecule has 0 radical (unpaired) electrons. The van der Waals surface area contributed by atoms with Gasteiger partial charge < -0.3 is 4.90 Å². The molecule has 0 saturated heterocycles. The first-order chi connectivity index (χ1) is 7.02. The van der Waals surface area contributed by atoms with Gasteiger partial charge in [-0.1, -0.05) is 12.2 Å². The molecule has 0 bridgehead atoms. The quantitative estimate of drug-likeness (QED) is 0.722. The molecule has 5 heteroatoms. The first kappa shape index (κ1) is 9.42. The molecule has 0 aromatic heterocycles. The second kappa shape index (κ2) is 2.47. The Labute approximate surface area is 89.0 Å². The smallest absolute Gasteiger partial charge is 0.273 e. The Morgan fingerprint density at radius 2 is 1.87 bits per heavy atom. The van der Waals surface area contributed by atoms with Crippen LogP contribution in [-0.2, 0) is 10.1 Å². The fourth-order valence-corrected chi connectivity index (χ4v) is 4.44. The maximum Gasteiger partial charge on any atom is 0.273 e. The first-order valence-electron chi connectivity index (χ1n) is 5.11. The third kappa shape index (κ3) is 0.928. The summed E-state index contributed by atoms with van der Waals surface area (Å²) < 4.78 is 31.0. The van der Waals surface area contributed by atoms with Gasteiger partial charge in [0, 0.05) is 12.4 Å². The van der Waals surface area contributed by atoms with Gasteiger partial charge in [-0.05, 0) is 25.7 Å². The summed E-state index contributed by atoms with van der Waals surface area (Å²) in [4.78, 5) is 1.95. The van der Waals surface area contributed by atoms with Gasteiger partial charge in [-0.15, -0.1) is 0 Å². The zero-order chi connectivity index (χ0) is 10.7. The molecule has 1 heterocycles. The highest BCUT2D eigenvalue weighted by atomic mass is 32.2. The number of nitrogens with zero attached hydrogens (tertiary/aromatic N) is 1. The summed E-state index contributed by atoms with van der Waals surface area (Å²) in [6.45, 7) is 0. The predicted octanol–water partition coefficient (Wildman–Crippen LogP) is 1.28. The minimum atomic E-state index is -3.91. The van der Waals surface area contributed by atoms with Crippen molar-refractivity contribution in [1.82, 2.24) is 4.90 Å². The van der Waals surface area contributed by atoms with Crippen molar-refractivity contribution in [3.8, 4) is 0 Å². The van der Waals surface area contributed by atoms with Gasteiger partial charge in [0.15, 0.2) is 0 Å². The fraction of sp³-hybridized carbons (Fsp3) is 0.600.